The Bertz CT molecular complexity index is 965. The molecule has 0 aromatic carbocycles. The molecule has 10 heteroatoms. The molecule has 1 unspecified atom stereocenters. The van der Waals surface area contributed by atoms with E-state index in [1.54, 1.807) is 19.3 Å². The summed E-state index contributed by atoms with van der Waals surface area (Å²) in [7, 11) is 0.517. The van der Waals surface area contributed by atoms with Gasteiger partial charge < -0.3 is 24.5 Å². The number of pyridine rings is 1. The minimum atomic E-state index is -1.23. The quantitative estimate of drug-likeness (QED) is 0.339. The van der Waals surface area contributed by atoms with Gasteiger partial charge in [-0.2, -0.15) is 5.10 Å². The maximum absolute atomic E-state index is 11.6. The normalized spacial score (nSPS) is 18.8. The van der Waals surface area contributed by atoms with E-state index in [4.69, 9.17) is 14.6 Å². The van der Waals surface area contributed by atoms with Gasteiger partial charge in [0.05, 0.1) is 5.69 Å². The lowest BCUT2D eigenvalue weighted by Crippen LogP contribution is -2.22. The van der Waals surface area contributed by atoms with E-state index in [0.717, 1.165) is 23.8 Å². The van der Waals surface area contributed by atoms with Gasteiger partial charge in [0, 0.05) is 51.7 Å². The van der Waals surface area contributed by atoms with E-state index in [-0.39, 0.29) is 17.6 Å². The molecule has 0 spiro atoms. The molecule has 1 saturated carbocycles. The number of ether oxygens (including phenoxy) is 2. The molecule has 1 aliphatic rings. The summed E-state index contributed by atoms with van der Waals surface area (Å²) in [4.78, 5) is 22.5. The van der Waals surface area contributed by atoms with Crippen molar-refractivity contribution < 1.29 is 19.4 Å². The Morgan fingerprint density at radius 1 is 1.32 bits per heavy atom. The van der Waals surface area contributed by atoms with Crippen molar-refractivity contribution in [2.24, 2.45) is 7.05 Å². The fraction of sp³-hybridized carbons (Fsp3) is 0.571. The Balaban J connectivity index is 1.75. The second-order valence-corrected chi connectivity index (χ2v) is 14.9. The molecule has 2 aromatic rings. The van der Waals surface area contributed by atoms with Crippen LogP contribution in [0.2, 0.25) is 25.7 Å². The molecule has 2 atom stereocenters. The molecule has 2 aromatic heterocycles. The average molecular weight is 449 g/mol. The van der Waals surface area contributed by atoms with Crippen molar-refractivity contribution in [3.8, 4) is 0 Å². The zero-order valence-corrected chi connectivity index (χ0v) is 19.6. The number of nitrogens with zero attached hydrogens (tertiary/aromatic N) is 3. The molecular formula is C21H32N4O5Si. The van der Waals surface area contributed by atoms with Crippen LogP contribution in [0.25, 0.3) is 0 Å². The van der Waals surface area contributed by atoms with Crippen LogP contribution in [0.4, 0.5) is 16.3 Å². The first kappa shape index (κ1) is 23.1. The van der Waals surface area contributed by atoms with Crippen molar-refractivity contribution in [1.82, 2.24) is 14.3 Å². The number of hydrogen-bond donors (Lipinski definition) is 2. The maximum Gasteiger partial charge on any atom is 0.506 e. The first-order chi connectivity index (χ1) is 14.6. The van der Waals surface area contributed by atoms with Gasteiger partial charge in [-0.3, -0.25) is 4.79 Å². The van der Waals surface area contributed by atoms with Crippen molar-refractivity contribution in [2.45, 2.75) is 63.7 Å². The van der Waals surface area contributed by atoms with E-state index in [1.165, 1.54) is 10.6 Å². The van der Waals surface area contributed by atoms with Crippen LogP contribution in [0.3, 0.4) is 0 Å². The summed E-state index contributed by atoms with van der Waals surface area (Å²) in [5.74, 6) is 0.804. The molecule has 170 valence electrons. The highest BCUT2D eigenvalue weighted by atomic mass is 28.3. The molecule has 2 heterocycles. The number of hydrogen-bond acceptors (Lipinski definition) is 6. The summed E-state index contributed by atoms with van der Waals surface area (Å²) in [6.07, 6.45) is 2.36. The smallest absolute Gasteiger partial charge is 0.450 e. The van der Waals surface area contributed by atoms with Gasteiger partial charge in [-0.05, 0) is 31.4 Å². The first-order valence-corrected chi connectivity index (χ1v) is 14.3. The van der Waals surface area contributed by atoms with E-state index in [0.29, 0.717) is 32.0 Å². The molecule has 0 bridgehead atoms. The van der Waals surface area contributed by atoms with Crippen LogP contribution >= 0.6 is 0 Å². The summed E-state index contributed by atoms with van der Waals surface area (Å²) >= 11 is 0. The van der Waals surface area contributed by atoms with Crippen LogP contribution in [0, 0.1) is 0 Å². The Morgan fingerprint density at radius 2 is 2.10 bits per heavy atom. The molecule has 1 fully saturated rings. The summed E-state index contributed by atoms with van der Waals surface area (Å²) in [5, 5.41) is 16.8. The predicted octanol–water partition coefficient (Wildman–Crippen LogP) is 3.97. The van der Waals surface area contributed by atoms with Crippen LogP contribution < -0.4 is 10.9 Å². The van der Waals surface area contributed by atoms with Crippen molar-refractivity contribution in [2.75, 3.05) is 11.9 Å². The van der Waals surface area contributed by atoms with Crippen LogP contribution in [-0.4, -0.2) is 46.4 Å². The highest BCUT2D eigenvalue weighted by molar-refractivity contribution is 6.76. The number of aryl methyl sites for hydroxylation is 1. The molecule has 1 aliphatic carbocycles. The van der Waals surface area contributed by atoms with E-state index in [9.17, 15) is 9.59 Å². The second kappa shape index (κ2) is 9.69. The third-order valence-electron chi connectivity index (χ3n) is 5.45. The van der Waals surface area contributed by atoms with Crippen molar-refractivity contribution in [1.29, 1.82) is 0 Å². The number of carboxylic acid groups (broad SMARTS) is 1. The SMILES string of the molecule is Cn1cc(Nc2cc(C3CC[C@H](OC(=O)O)C3)n(COCC[Si](C)(C)C)n2)ccc1=O. The van der Waals surface area contributed by atoms with Gasteiger partial charge in [-0.15, -0.1) is 0 Å². The molecule has 0 saturated heterocycles. The van der Waals surface area contributed by atoms with Crippen molar-refractivity contribution in [3.05, 3.63) is 40.4 Å². The van der Waals surface area contributed by atoms with Crippen molar-refractivity contribution in [3.63, 3.8) is 0 Å². The minimum Gasteiger partial charge on any atom is -0.450 e. The van der Waals surface area contributed by atoms with Gasteiger partial charge in [0.15, 0.2) is 5.82 Å². The minimum absolute atomic E-state index is 0.0806. The Morgan fingerprint density at radius 3 is 2.77 bits per heavy atom. The summed E-state index contributed by atoms with van der Waals surface area (Å²) < 4.78 is 14.3. The Labute approximate surface area is 183 Å². The molecular weight excluding hydrogens is 416 g/mol. The lowest BCUT2D eigenvalue weighted by Gasteiger charge is -2.17. The second-order valence-electron chi connectivity index (χ2n) is 9.31. The molecule has 31 heavy (non-hydrogen) atoms. The van der Waals surface area contributed by atoms with Crippen molar-refractivity contribution >= 4 is 25.7 Å². The summed E-state index contributed by atoms with van der Waals surface area (Å²) in [6, 6.07) is 6.27. The van der Waals surface area contributed by atoms with E-state index in [1.807, 2.05) is 10.7 Å². The fourth-order valence-electron chi connectivity index (χ4n) is 3.73. The van der Waals surface area contributed by atoms with Gasteiger partial charge in [0.25, 0.3) is 0 Å². The van der Waals surface area contributed by atoms with Gasteiger partial charge in [-0.1, -0.05) is 19.6 Å². The van der Waals surface area contributed by atoms with Crippen LogP contribution in [-0.2, 0) is 23.3 Å². The average Bonchev–Trinajstić information content (AvgIpc) is 3.27. The summed E-state index contributed by atoms with van der Waals surface area (Å²) in [5.41, 5.74) is 1.68. The predicted molar refractivity (Wildman–Crippen MR) is 121 cm³/mol. The van der Waals surface area contributed by atoms with E-state index in [2.05, 4.69) is 30.1 Å². The lowest BCUT2D eigenvalue weighted by atomic mass is 10.0. The number of anilines is 2. The Hall–Kier alpha value is -2.59. The topological polar surface area (TPSA) is 108 Å². The first-order valence-electron chi connectivity index (χ1n) is 10.6. The van der Waals surface area contributed by atoms with Crippen LogP contribution in [0.15, 0.2) is 29.2 Å². The molecule has 0 radical (unpaired) electrons. The van der Waals surface area contributed by atoms with Gasteiger partial charge in [0.1, 0.15) is 12.8 Å². The molecule has 2 N–H and O–H groups in total. The lowest BCUT2D eigenvalue weighted by molar-refractivity contribution is 0.0534. The molecule has 0 aliphatic heterocycles. The van der Waals surface area contributed by atoms with Crippen LogP contribution in [0.5, 0.6) is 0 Å². The van der Waals surface area contributed by atoms with E-state index < -0.39 is 14.2 Å². The zero-order valence-electron chi connectivity index (χ0n) is 18.6. The molecule has 9 nitrogen and oxygen atoms in total. The molecule has 3 rings (SSSR count). The van der Waals surface area contributed by atoms with Gasteiger partial charge in [0.2, 0.25) is 5.56 Å². The van der Waals surface area contributed by atoms with Gasteiger partial charge >= 0.3 is 6.16 Å². The standard InChI is InChI=1S/C21H32N4O5Si/c1-24-13-16(6-8-20(24)26)22-19-12-18(15-5-7-17(11-15)30-21(27)28)25(23-19)14-29-9-10-31(2,3)4/h6,8,12-13,15,17H,5,7,9-11,14H2,1-4H3,(H,22,23)(H,27,28)/t15?,17-/m0/s1. The zero-order chi connectivity index (χ0) is 22.6. The maximum atomic E-state index is 11.6. The highest BCUT2D eigenvalue weighted by Crippen LogP contribution is 2.37. The molecule has 0 amide bonds. The summed E-state index contributed by atoms with van der Waals surface area (Å²) in [6.45, 7) is 7.97. The third-order valence-corrected chi connectivity index (χ3v) is 7.15. The highest BCUT2D eigenvalue weighted by Gasteiger charge is 2.31. The van der Waals surface area contributed by atoms with E-state index >= 15 is 0 Å². The Kier molecular flexibility index (Phi) is 7.21. The number of aromatic nitrogens is 3. The fourth-order valence-corrected chi connectivity index (χ4v) is 4.48. The third kappa shape index (κ3) is 6.69. The monoisotopic (exact) mass is 448 g/mol. The number of nitrogens with one attached hydrogen (secondary N) is 1. The van der Waals surface area contributed by atoms with Crippen LogP contribution in [0.1, 0.15) is 30.9 Å². The number of rotatable bonds is 9. The largest absolute Gasteiger partial charge is 0.506 e. The van der Waals surface area contributed by atoms with Gasteiger partial charge in [-0.25, -0.2) is 9.48 Å². The number of carbonyl (C=O) groups is 1.